The van der Waals surface area contributed by atoms with Crippen LogP contribution in [-0.2, 0) is 4.74 Å². The van der Waals surface area contributed by atoms with E-state index in [0.717, 1.165) is 31.5 Å². The number of morpholine rings is 1. The summed E-state index contributed by atoms with van der Waals surface area (Å²) in [7, 11) is 0. The zero-order chi connectivity index (χ0) is 14.2. The van der Waals surface area contributed by atoms with Gasteiger partial charge in [-0.2, -0.15) is 0 Å². The predicted octanol–water partition coefficient (Wildman–Crippen LogP) is 2.78. The molecule has 116 valence electrons. The van der Waals surface area contributed by atoms with E-state index in [1.165, 1.54) is 44.9 Å². The van der Waals surface area contributed by atoms with Crippen LogP contribution in [0.3, 0.4) is 0 Å². The number of nitrogens with two attached hydrogens (primary N) is 1. The molecule has 3 rings (SSSR count). The highest BCUT2D eigenvalue weighted by Gasteiger charge is 2.47. The molecule has 3 nitrogen and oxygen atoms in total. The molecule has 20 heavy (non-hydrogen) atoms. The maximum Gasteiger partial charge on any atom is 0.0731 e. The van der Waals surface area contributed by atoms with E-state index in [1.807, 2.05) is 0 Å². The third-order valence-electron chi connectivity index (χ3n) is 5.98. The number of fused-ring (bicyclic) bond motifs is 1. The zero-order valence-corrected chi connectivity index (χ0v) is 13.3. The summed E-state index contributed by atoms with van der Waals surface area (Å²) in [5.41, 5.74) is 6.58. The molecule has 4 atom stereocenters. The monoisotopic (exact) mass is 280 g/mol. The number of rotatable bonds is 2. The summed E-state index contributed by atoms with van der Waals surface area (Å²) in [6.07, 6.45) is 9.72. The predicted molar refractivity (Wildman–Crippen MR) is 82.7 cm³/mol. The van der Waals surface area contributed by atoms with Gasteiger partial charge in [0.05, 0.1) is 12.7 Å². The molecule has 1 heterocycles. The first-order valence-corrected chi connectivity index (χ1v) is 8.73. The Bertz CT molecular complexity index is 321. The van der Waals surface area contributed by atoms with Crippen molar-refractivity contribution >= 4 is 0 Å². The molecule has 1 saturated heterocycles. The fraction of sp³-hybridized carbons (Fsp3) is 1.00. The first-order valence-electron chi connectivity index (χ1n) is 8.73. The van der Waals surface area contributed by atoms with Gasteiger partial charge in [0.1, 0.15) is 0 Å². The lowest BCUT2D eigenvalue weighted by atomic mass is 9.69. The van der Waals surface area contributed by atoms with E-state index >= 15 is 0 Å². The quantitative estimate of drug-likeness (QED) is 0.845. The molecule has 0 bridgehead atoms. The van der Waals surface area contributed by atoms with Crippen LogP contribution in [-0.4, -0.2) is 42.3 Å². The van der Waals surface area contributed by atoms with Crippen LogP contribution in [0.15, 0.2) is 0 Å². The van der Waals surface area contributed by atoms with Gasteiger partial charge in [-0.3, -0.25) is 4.90 Å². The molecule has 0 amide bonds. The number of nitrogens with zero attached hydrogens (tertiary/aromatic N) is 1. The number of hydrogen-bond donors (Lipinski definition) is 1. The van der Waals surface area contributed by atoms with Gasteiger partial charge in [-0.15, -0.1) is 0 Å². The smallest absolute Gasteiger partial charge is 0.0731 e. The molecule has 0 aromatic carbocycles. The van der Waals surface area contributed by atoms with Gasteiger partial charge in [-0.1, -0.05) is 26.7 Å². The van der Waals surface area contributed by atoms with Crippen LogP contribution in [0.2, 0.25) is 0 Å². The summed E-state index contributed by atoms with van der Waals surface area (Å²) < 4.78 is 6.06. The van der Waals surface area contributed by atoms with E-state index in [4.69, 9.17) is 10.5 Å². The topological polar surface area (TPSA) is 38.5 Å². The molecule has 2 saturated carbocycles. The molecule has 0 aromatic rings. The highest BCUT2D eigenvalue weighted by atomic mass is 16.5. The molecular formula is C17H32N2O. The number of ether oxygens (including phenoxy) is 1. The van der Waals surface area contributed by atoms with Crippen molar-refractivity contribution in [3.05, 3.63) is 0 Å². The first kappa shape index (κ1) is 14.8. The maximum atomic E-state index is 6.33. The van der Waals surface area contributed by atoms with E-state index in [1.54, 1.807) is 0 Å². The zero-order valence-electron chi connectivity index (χ0n) is 13.3. The largest absolute Gasteiger partial charge is 0.375 e. The van der Waals surface area contributed by atoms with Crippen molar-refractivity contribution in [3.63, 3.8) is 0 Å². The van der Waals surface area contributed by atoms with Crippen molar-refractivity contribution < 1.29 is 4.74 Å². The van der Waals surface area contributed by atoms with E-state index in [9.17, 15) is 0 Å². The summed E-state index contributed by atoms with van der Waals surface area (Å²) in [6, 6.07) is 0.638. The molecule has 1 aliphatic heterocycles. The third kappa shape index (κ3) is 2.65. The Morgan fingerprint density at radius 2 is 1.85 bits per heavy atom. The Balaban J connectivity index is 1.83. The Morgan fingerprint density at radius 1 is 1.15 bits per heavy atom. The molecule has 4 unspecified atom stereocenters. The molecule has 2 N–H and O–H groups in total. The fourth-order valence-electron chi connectivity index (χ4n) is 5.44. The molecule has 0 aromatic heterocycles. The SMILES string of the molecule is CC1CC(C)CC(CN)(N2CCOC3CCCCC32)C1. The molecule has 3 fully saturated rings. The average molecular weight is 280 g/mol. The third-order valence-corrected chi connectivity index (χ3v) is 5.98. The second-order valence-corrected chi connectivity index (χ2v) is 7.74. The van der Waals surface area contributed by atoms with Crippen molar-refractivity contribution in [1.29, 1.82) is 0 Å². The lowest BCUT2D eigenvalue weighted by Gasteiger charge is -2.56. The van der Waals surface area contributed by atoms with E-state index < -0.39 is 0 Å². The Labute approximate surface area is 124 Å². The Morgan fingerprint density at radius 3 is 2.55 bits per heavy atom. The minimum atomic E-state index is 0.251. The van der Waals surface area contributed by atoms with Gasteiger partial charge >= 0.3 is 0 Å². The second kappa shape index (κ2) is 5.94. The maximum absolute atomic E-state index is 6.33. The van der Waals surface area contributed by atoms with Crippen molar-refractivity contribution in [1.82, 2.24) is 4.90 Å². The standard InChI is InChI=1S/C17H32N2O/c1-13-9-14(2)11-17(10-13,12-18)19-7-8-20-16-6-4-3-5-15(16)19/h13-16H,3-12,18H2,1-2H3. The molecule has 3 heteroatoms. The minimum Gasteiger partial charge on any atom is -0.375 e. The highest BCUT2D eigenvalue weighted by molar-refractivity contribution is 5.03. The summed E-state index contributed by atoms with van der Waals surface area (Å²) in [4.78, 5) is 2.80. The van der Waals surface area contributed by atoms with E-state index in [-0.39, 0.29) is 5.54 Å². The van der Waals surface area contributed by atoms with Gasteiger partial charge in [0, 0.05) is 24.7 Å². The van der Waals surface area contributed by atoms with Crippen molar-refractivity contribution in [2.45, 2.75) is 76.5 Å². The average Bonchev–Trinajstić information content (AvgIpc) is 2.45. The van der Waals surface area contributed by atoms with Crippen LogP contribution >= 0.6 is 0 Å². The summed E-state index contributed by atoms with van der Waals surface area (Å²) in [5.74, 6) is 1.62. The van der Waals surface area contributed by atoms with Gasteiger partial charge in [-0.05, 0) is 43.9 Å². The van der Waals surface area contributed by atoms with E-state index in [2.05, 4.69) is 18.7 Å². The molecule has 3 aliphatic rings. The number of hydrogen-bond acceptors (Lipinski definition) is 3. The molecule has 0 radical (unpaired) electrons. The van der Waals surface area contributed by atoms with Crippen molar-refractivity contribution in [3.8, 4) is 0 Å². The van der Waals surface area contributed by atoms with Crippen molar-refractivity contribution in [2.24, 2.45) is 17.6 Å². The van der Waals surface area contributed by atoms with Crippen LogP contribution < -0.4 is 5.73 Å². The van der Waals surface area contributed by atoms with E-state index in [0.29, 0.717) is 12.1 Å². The second-order valence-electron chi connectivity index (χ2n) is 7.74. The Kier molecular flexibility index (Phi) is 4.40. The van der Waals surface area contributed by atoms with Gasteiger partial charge in [0.15, 0.2) is 0 Å². The lowest BCUT2D eigenvalue weighted by Crippen LogP contribution is -2.66. The molecular weight excluding hydrogens is 248 g/mol. The highest BCUT2D eigenvalue weighted by Crippen LogP contribution is 2.43. The fourth-order valence-corrected chi connectivity index (χ4v) is 5.44. The summed E-state index contributed by atoms with van der Waals surface area (Å²) in [6.45, 7) is 7.66. The first-order chi connectivity index (χ1) is 9.64. The molecule has 2 aliphatic carbocycles. The van der Waals surface area contributed by atoms with Gasteiger partial charge in [0.25, 0.3) is 0 Å². The molecule has 0 spiro atoms. The van der Waals surface area contributed by atoms with Crippen LogP contribution in [0.4, 0.5) is 0 Å². The lowest BCUT2D eigenvalue weighted by molar-refractivity contribution is -0.139. The summed E-state index contributed by atoms with van der Waals surface area (Å²) in [5, 5.41) is 0. The van der Waals surface area contributed by atoms with Crippen LogP contribution in [0, 0.1) is 11.8 Å². The normalized spacial score (nSPS) is 47.0. The van der Waals surface area contributed by atoms with Crippen molar-refractivity contribution in [2.75, 3.05) is 19.7 Å². The van der Waals surface area contributed by atoms with Gasteiger partial charge < -0.3 is 10.5 Å². The van der Waals surface area contributed by atoms with Crippen LogP contribution in [0.25, 0.3) is 0 Å². The summed E-state index contributed by atoms with van der Waals surface area (Å²) >= 11 is 0. The van der Waals surface area contributed by atoms with Crippen LogP contribution in [0.5, 0.6) is 0 Å². The Hall–Kier alpha value is -0.120. The minimum absolute atomic E-state index is 0.251. The van der Waals surface area contributed by atoms with Gasteiger partial charge in [-0.25, -0.2) is 0 Å². The van der Waals surface area contributed by atoms with Gasteiger partial charge in [0.2, 0.25) is 0 Å². The van der Waals surface area contributed by atoms with Crippen LogP contribution in [0.1, 0.15) is 58.8 Å².